The van der Waals surface area contributed by atoms with Gasteiger partial charge in [0.15, 0.2) is 0 Å². The molecule has 1 aliphatic rings. The standard InChI is InChI=1S/C15H16BrNO/c16-13-7-5-12(6-8-13)14-10-18-17-15(14)9-11-3-1-2-4-11/h5-8,10-11H,1-4,9H2. The molecule has 0 radical (unpaired) electrons. The Morgan fingerprint density at radius 3 is 2.61 bits per heavy atom. The SMILES string of the molecule is Brc1ccc(-c2conc2CC2CCCC2)cc1. The summed E-state index contributed by atoms with van der Waals surface area (Å²) in [5, 5.41) is 4.19. The molecule has 1 heterocycles. The average Bonchev–Trinajstić information content (AvgIpc) is 3.02. The molecule has 94 valence electrons. The first-order chi connectivity index (χ1) is 8.83. The van der Waals surface area contributed by atoms with E-state index in [1.54, 1.807) is 6.26 Å². The molecule has 0 saturated heterocycles. The van der Waals surface area contributed by atoms with Crippen molar-refractivity contribution in [2.24, 2.45) is 5.92 Å². The summed E-state index contributed by atoms with van der Waals surface area (Å²) in [7, 11) is 0. The summed E-state index contributed by atoms with van der Waals surface area (Å²) in [6.07, 6.45) is 8.25. The topological polar surface area (TPSA) is 26.0 Å². The molecule has 1 aromatic carbocycles. The fourth-order valence-electron chi connectivity index (χ4n) is 2.76. The van der Waals surface area contributed by atoms with Gasteiger partial charge in [-0.25, -0.2) is 0 Å². The maximum Gasteiger partial charge on any atom is 0.131 e. The van der Waals surface area contributed by atoms with Crippen molar-refractivity contribution in [2.45, 2.75) is 32.1 Å². The highest BCUT2D eigenvalue weighted by Gasteiger charge is 2.19. The molecule has 2 nitrogen and oxygen atoms in total. The van der Waals surface area contributed by atoms with Crippen molar-refractivity contribution in [3.05, 3.63) is 40.7 Å². The smallest absolute Gasteiger partial charge is 0.131 e. The summed E-state index contributed by atoms with van der Waals surface area (Å²) in [5.74, 6) is 0.796. The van der Waals surface area contributed by atoms with Crippen molar-refractivity contribution in [3.63, 3.8) is 0 Å². The van der Waals surface area contributed by atoms with Gasteiger partial charge >= 0.3 is 0 Å². The Labute approximate surface area is 116 Å². The van der Waals surface area contributed by atoms with E-state index >= 15 is 0 Å². The van der Waals surface area contributed by atoms with E-state index in [1.165, 1.54) is 31.2 Å². The van der Waals surface area contributed by atoms with E-state index in [1.807, 2.05) is 0 Å². The lowest BCUT2D eigenvalue weighted by Crippen LogP contribution is -2.00. The monoisotopic (exact) mass is 305 g/mol. The number of nitrogens with zero attached hydrogens (tertiary/aromatic N) is 1. The van der Waals surface area contributed by atoms with Crippen LogP contribution in [0.4, 0.5) is 0 Å². The van der Waals surface area contributed by atoms with Crippen molar-refractivity contribution in [3.8, 4) is 11.1 Å². The van der Waals surface area contributed by atoms with Crippen LogP contribution >= 0.6 is 15.9 Å². The minimum Gasteiger partial charge on any atom is -0.364 e. The van der Waals surface area contributed by atoms with Gasteiger partial charge in [-0.05, 0) is 30.0 Å². The van der Waals surface area contributed by atoms with Gasteiger partial charge in [-0.15, -0.1) is 0 Å². The fourth-order valence-corrected chi connectivity index (χ4v) is 3.02. The summed E-state index contributed by atoms with van der Waals surface area (Å²) in [4.78, 5) is 0. The maximum absolute atomic E-state index is 5.18. The molecule has 18 heavy (non-hydrogen) atoms. The van der Waals surface area contributed by atoms with Gasteiger partial charge in [-0.2, -0.15) is 0 Å². The van der Waals surface area contributed by atoms with E-state index < -0.39 is 0 Å². The first-order valence-corrected chi connectivity index (χ1v) is 7.31. The highest BCUT2D eigenvalue weighted by Crippen LogP contribution is 2.31. The molecule has 0 amide bonds. The molecule has 0 aliphatic heterocycles. The van der Waals surface area contributed by atoms with Gasteiger partial charge in [0.05, 0.1) is 5.69 Å². The lowest BCUT2D eigenvalue weighted by Gasteiger charge is -2.07. The van der Waals surface area contributed by atoms with Crippen LogP contribution in [0.3, 0.4) is 0 Å². The van der Waals surface area contributed by atoms with Crippen LogP contribution in [0.5, 0.6) is 0 Å². The third-order valence-electron chi connectivity index (χ3n) is 3.76. The van der Waals surface area contributed by atoms with E-state index in [2.05, 4.69) is 45.4 Å². The number of rotatable bonds is 3. The summed E-state index contributed by atoms with van der Waals surface area (Å²) in [6, 6.07) is 8.33. The van der Waals surface area contributed by atoms with Crippen molar-refractivity contribution in [2.75, 3.05) is 0 Å². The summed E-state index contributed by atoms with van der Waals surface area (Å²) < 4.78 is 6.28. The van der Waals surface area contributed by atoms with Gasteiger partial charge in [0, 0.05) is 10.0 Å². The third-order valence-corrected chi connectivity index (χ3v) is 4.29. The first-order valence-electron chi connectivity index (χ1n) is 6.52. The molecule has 1 aliphatic carbocycles. The maximum atomic E-state index is 5.18. The van der Waals surface area contributed by atoms with E-state index in [-0.39, 0.29) is 0 Å². The Morgan fingerprint density at radius 1 is 1.17 bits per heavy atom. The van der Waals surface area contributed by atoms with Crippen LogP contribution in [0.25, 0.3) is 11.1 Å². The number of hydrogen-bond acceptors (Lipinski definition) is 2. The number of benzene rings is 1. The lowest BCUT2D eigenvalue weighted by atomic mass is 9.97. The summed E-state index contributed by atoms with van der Waals surface area (Å²) in [6.45, 7) is 0. The predicted octanol–water partition coefficient (Wildman–Crippen LogP) is 4.84. The molecule has 0 N–H and O–H groups in total. The predicted molar refractivity (Wildman–Crippen MR) is 75.3 cm³/mol. The molecule has 0 spiro atoms. The highest BCUT2D eigenvalue weighted by molar-refractivity contribution is 9.10. The molecule has 1 fully saturated rings. The normalized spacial score (nSPS) is 16.3. The van der Waals surface area contributed by atoms with Crippen LogP contribution in [0.2, 0.25) is 0 Å². The Bertz CT molecular complexity index is 512. The Morgan fingerprint density at radius 2 is 1.89 bits per heavy atom. The van der Waals surface area contributed by atoms with Gasteiger partial charge in [-0.1, -0.05) is 58.9 Å². The molecule has 1 aromatic heterocycles. The average molecular weight is 306 g/mol. The van der Waals surface area contributed by atoms with Crippen molar-refractivity contribution in [1.29, 1.82) is 0 Å². The third kappa shape index (κ3) is 2.51. The Hall–Kier alpha value is -1.09. The highest BCUT2D eigenvalue weighted by atomic mass is 79.9. The van der Waals surface area contributed by atoms with Gasteiger partial charge in [-0.3, -0.25) is 0 Å². The van der Waals surface area contributed by atoms with Gasteiger partial charge < -0.3 is 4.52 Å². The van der Waals surface area contributed by atoms with Crippen molar-refractivity contribution >= 4 is 15.9 Å². The van der Waals surface area contributed by atoms with Crippen molar-refractivity contribution in [1.82, 2.24) is 5.16 Å². The van der Waals surface area contributed by atoms with E-state index in [0.717, 1.165) is 28.1 Å². The van der Waals surface area contributed by atoms with E-state index in [0.29, 0.717) is 0 Å². The zero-order valence-electron chi connectivity index (χ0n) is 10.2. The molecule has 1 saturated carbocycles. The Balaban J connectivity index is 1.84. The zero-order valence-corrected chi connectivity index (χ0v) is 11.8. The molecular formula is C15H16BrNO. The largest absolute Gasteiger partial charge is 0.364 e. The van der Waals surface area contributed by atoms with Crippen LogP contribution in [-0.4, -0.2) is 5.16 Å². The lowest BCUT2D eigenvalue weighted by molar-refractivity contribution is 0.403. The second-order valence-corrected chi connectivity index (χ2v) is 5.95. The van der Waals surface area contributed by atoms with E-state index in [9.17, 15) is 0 Å². The van der Waals surface area contributed by atoms with Crippen LogP contribution < -0.4 is 0 Å². The molecule has 3 rings (SSSR count). The summed E-state index contributed by atoms with van der Waals surface area (Å²) >= 11 is 3.46. The Kier molecular flexibility index (Phi) is 3.50. The minimum atomic E-state index is 0.796. The number of hydrogen-bond donors (Lipinski definition) is 0. The first kappa shape index (κ1) is 12.0. The van der Waals surface area contributed by atoms with Gasteiger partial charge in [0.25, 0.3) is 0 Å². The minimum absolute atomic E-state index is 0.796. The molecule has 0 unspecified atom stereocenters. The van der Waals surface area contributed by atoms with Crippen LogP contribution in [0.1, 0.15) is 31.4 Å². The number of halogens is 1. The van der Waals surface area contributed by atoms with Gasteiger partial charge in [0.2, 0.25) is 0 Å². The molecule has 3 heteroatoms. The zero-order chi connectivity index (χ0) is 12.4. The second-order valence-electron chi connectivity index (χ2n) is 5.04. The molecule has 0 atom stereocenters. The second kappa shape index (κ2) is 5.27. The molecule has 2 aromatic rings. The fraction of sp³-hybridized carbons (Fsp3) is 0.400. The van der Waals surface area contributed by atoms with Crippen LogP contribution in [0.15, 0.2) is 39.5 Å². The molecular weight excluding hydrogens is 290 g/mol. The van der Waals surface area contributed by atoms with Crippen molar-refractivity contribution < 1.29 is 4.52 Å². The van der Waals surface area contributed by atoms with Crippen LogP contribution in [0, 0.1) is 5.92 Å². The molecule has 0 bridgehead atoms. The summed E-state index contributed by atoms with van der Waals surface area (Å²) in [5.41, 5.74) is 3.45. The number of aromatic nitrogens is 1. The quantitative estimate of drug-likeness (QED) is 0.811. The van der Waals surface area contributed by atoms with Gasteiger partial charge in [0.1, 0.15) is 6.26 Å². The van der Waals surface area contributed by atoms with Crippen LogP contribution in [-0.2, 0) is 6.42 Å². The van der Waals surface area contributed by atoms with E-state index in [4.69, 9.17) is 4.52 Å².